The summed E-state index contributed by atoms with van der Waals surface area (Å²) in [6.07, 6.45) is 2.36. The molecule has 1 aliphatic heterocycles. The van der Waals surface area contributed by atoms with Crippen LogP contribution < -0.4 is 4.90 Å². The first-order chi connectivity index (χ1) is 12.7. The number of carbonyl (C=O) groups excluding carboxylic acids is 1. The lowest BCUT2D eigenvalue weighted by molar-refractivity contribution is -0.137. The van der Waals surface area contributed by atoms with Crippen LogP contribution in [-0.4, -0.2) is 35.8 Å². The van der Waals surface area contributed by atoms with E-state index in [2.05, 4.69) is 4.99 Å². The maximum Gasteiger partial charge on any atom is 0.303 e. The third-order valence-corrected chi connectivity index (χ3v) is 4.44. The van der Waals surface area contributed by atoms with Crippen LogP contribution in [0.5, 0.6) is 0 Å². The molecular formula is C21H22N2O3. The number of carboxylic acid groups (broad SMARTS) is 1. The number of unbranched alkanes of at least 4 members (excludes halogenated alkanes) is 2. The van der Waals surface area contributed by atoms with Crippen molar-refractivity contribution >= 4 is 23.3 Å². The van der Waals surface area contributed by atoms with Gasteiger partial charge in [0, 0.05) is 24.1 Å². The third-order valence-electron chi connectivity index (χ3n) is 4.44. The van der Waals surface area contributed by atoms with Crippen molar-refractivity contribution in [3.8, 4) is 0 Å². The van der Waals surface area contributed by atoms with Crippen LogP contribution in [0.15, 0.2) is 59.6 Å². The van der Waals surface area contributed by atoms with Crippen LogP contribution in [-0.2, 0) is 9.59 Å². The van der Waals surface area contributed by atoms with Crippen LogP contribution in [0.3, 0.4) is 0 Å². The summed E-state index contributed by atoms with van der Waals surface area (Å²) in [5.41, 5.74) is 3.66. The lowest BCUT2D eigenvalue weighted by Gasteiger charge is -2.23. The summed E-state index contributed by atoms with van der Waals surface area (Å²) >= 11 is 0. The number of benzodiazepines with no additional fused rings is 1. The lowest BCUT2D eigenvalue weighted by Crippen LogP contribution is -2.33. The van der Waals surface area contributed by atoms with Gasteiger partial charge in [0.05, 0.1) is 11.4 Å². The average molecular weight is 350 g/mol. The van der Waals surface area contributed by atoms with Gasteiger partial charge in [0.2, 0.25) is 5.91 Å². The quantitative estimate of drug-likeness (QED) is 0.777. The molecule has 0 atom stereocenters. The van der Waals surface area contributed by atoms with Gasteiger partial charge in [0.1, 0.15) is 6.54 Å². The molecule has 0 saturated heterocycles. The topological polar surface area (TPSA) is 70.0 Å². The molecule has 0 bridgehead atoms. The number of benzene rings is 2. The number of carbonyl (C=O) groups is 2. The van der Waals surface area contributed by atoms with E-state index < -0.39 is 5.97 Å². The summed E-state index contributed by atoms with van der Waals surface area (Å²) < 4.78 is 0. The zero-order chi connectivity index (χ0) is 18.4. The number of hydrogen-bond acceptors (Lipinski definition) is 3. The molecule has 26 heavy (non-hydrogen) atoms. The first kappa shape index (κ1) is 17.9. The van der Waals surface area contributed by atoms with E-state index >= 15 is 0 Å². The molecule has 1 heterocycles. The summed E-state index contributed by atoms with van der Waals surface area (Å²) in [7, 11) is 0. The second-order valence-electron chi connectivity index (χ2n) is 6.30. The zero-order valence-corrected chi connectivity index (χ0v) is 14.6. The van der Waals surface area contributed by atoms with Gasteiger partial charge < -0.3 is 10.0 Å². The van der Waals surface area contributed by atoms with E-state index in [1.165, 1.54) is 0 Å². The molecule has 0 saturated carbocycles. The molecule has 1 aliphatic rings. The monoisotopic (exact) mass is 350 g/mol. The molecule has 0 unspecified atom stereocenters. The van der Waals surface area contributed by atoms with Gasteiger partial charge in [-0.1, -0.05) is 55.0 Å². The summed E-state index contributed by atoms with van der Waals surface area (Å²) in [5.74, 6) is -0.802. The molecule has 1 N–H and O–H groups in total. The van der Waals surface area contributed by atoms with Gasteiger partial charge in [0.25, 0.3) is 0 Å². The Labute approximate surface area is 153 Å². The second kappa shape index (κ2) is 8.43. The highest BCUT2D eigenvalue weighted by molar-refractivity contribution is 6.19. The Morgan fingerprint density at radius 1 is 1.00 bits per heavy atom. The van der Waals surface area contributed by atoms with Gasteiger partial charge in [-0.15, -0.1) is 0 Å². The molecule has 2 aromatic rings. The van der Waals surface area contributed by atoms with Crippen LogP contribution in [0, 0.1) is 0 Å². The Hall–Kier alpha value is -2.95. The lowest BCUT2D eigenvalue weighted by atomic mass is 10.00. The minimum absolute atomic E-state index is 0.0263. The molecule has 1 amide bonds. The molecule has 134 valence electrons. The SMILES string of the molecule is O=C(O)CCCCCN1C(=O)CN=C(c2ccccc2)c2ccccc21. The molecule has 0 fully saturated rings. The van der Waals surface area contributed by atoms with Crippen LogP contribution in [0.4, 0.5) is 5.69 Å². The van der Waals surface area contributed by atoms with Gasteiger partial charge in [-0.2, -0.15) is 0 Å². The van der Waals surface area contributed by atoms with Crippen molar-refractivity contribution in [3.05, 3.63) is 65.7 Å². The number of aliphatic imine (C=N–C) groups is 1. The Morgan fingerprint density at radius 2 is 1.73 bits per heavy atom. The number of anilines is 1. The predicted molar refractivity (Wildman–Crippen MR) is 102 cm³/mol. The van der Waals surface area contributed by atoms with Crippen molar-refractivity contribution in [1.82, 2.24) is 0 Å². The molecule has 0 aromatic heterocycles. The standard InChI is InChI=1S/C21H22N2O3/c24-19-15-22-21(16-9-3-1-4-10-16)17-11-6-7-12-18(17)23(19)14-8-2-5-13-20(25)26/h1,3-4,6-7,9-12H,2,5,8,13-15H2,(H,25,26). The smallest absolute Gasteiger partial charge is 0.303 e. The highest BCUT2D eigenvalue weighted by atomic mass is 16.4. The Kier molecular flexibility index (Phi) is 5.79. The number of aliphatic carboxylic acids is 1. The fourth-order valence-corrected chi connectivity index (χ4v) is 3.17. The minimum Gasteiger partial charge on any atom is -0.481 e. The molecule has 2 aromatic carbocycles. The summed E-state index contributed by atoms with van der Waals surface area (Å²) in [5, 5.41) is 8.73. The number of para-hydroxylation sites is 1. The van der Waals surface area contributed by atoms with E-state index in [1.807, 2.05) is 54.6 Å². The first-order valence-electron chi connectivity index (χ1n) is 8.88. The summed E-state index contributed by atoms with van der Waals surface area (Å²) in [6, 6.07) is 17.7. The van der Waals surface area contributed by atoms with Crippen LogP contribution in [0.2, 0.25) is 0 Å². The molecule has 5 nitrogen and oxygen atoms in total. The van der Waals surface area contributed by atoms with Gasteiger partial charge in [0.15, 0.2) is 0 Å². The molecule has 5 heteroatoms. The van der Waals surface area contributed by atoms with Crippen LogP contribution in [0.25, 0.3) is 0 Å². The van der Waals surface area contributed by atoms with E-state index in [0.29, 0.717) is 13.0 Å². The molecule has 3 rings (SSSR count). The van der Waals surface area contributed by atoms with Gasteiger partial charge in [-0.25, -0.2) is 0 Å². The van der Waals surface area contributed by atoms with Gasteiger partial charge in [-0.3, -0.25) is 14.6 Å². The van der Waals surface area contributed by atoms with Gasteiger partial charge >= 0.3 is 5.97 Å². The molecule has 0 radical (unpaired) electrons. The Bertz CT molecular complexity index is 815. The maximum absolute atomic E-state index is 12.7. The number of carboxylic acids is 1. The van der Waals surface area contributed by atoms with Crippen molar-refractivity contribution in [3.63, 3.8) is 0 Å². The number of rotatable bonds is 7. The average Bonchev–Trinajstić information content (AvgIpc) is 2.79. The Morgan fingerprint density at radius 3 is 2.50 bits per heavy atom. The minimum atomic E-state index is -0.776. The second-order valence-corrected chi connectivity index (χ2v) is 6.30. The first-order valence-corrected chi connectivity index (χ1v) is 8.88. The van der Waals surface area contributed by atoms with Crippen LogP contribution >= 0.6 is 0 Å². The van der Waals surface area contributed by atoms with Crippen molar-refractivity contribution in [2.75, 3.05) is 18.0 Å². The molecule has 0 spiro atoms. The number of fused-ring (bicyclic) bond motifs is 1. The van der Waals surface area contributed by atoms with Crippen molar-refractivity contribution < 1.29 is 14.7 Å². The number of hydrogen-bond donors (Lipinski definition) is 1. The zero-order valence-electron chi connectivity index (χ0n) is 14.6. The summed E-state index contributed by atoms with van der Waals surface area (Å²) in [4.78, 5) is 29.6. The van der Waals surface area contributed by atoms with Gasteiger partial charge in [-0.05, 0) is 18.9 Å². The van der Waals surface area contributed by atoms with E-state index in [9.17, 15) is 9.59 Å². The van der Waals surface area contributed by atoms with E-state index in [1.54, 1.807) is 4.90 Å². The molecule has 0 aliphatic carbocycles. The van der Waals surface area contributed by atoms with E-state index in [4.69, 9.17) is 5.11 Å². The number of amides is 1. The van der Waals surface area contributed by atoms with E-state index in [-0.39, 0.29) is 18.9 Å². The predicted octanol–water partition coefficient (Wildman–Crippen LogP) is 3.52. The van der Waals surface area contributed by atoms with Crippen LogP contribution in [0.1, 0.15) is 36.8 Å². The van der Waals surface area contributed by atoms with Crippen molar-refractivity contribution in [1.29, 1.82) is 0 Å². The highest BCUT2D eigenvalue weighted by Crippen LogP contribution is 2.27. The third kappa shape index (κ3) is 4.17. The maximum atomic E-state index is 12.7. The summed E-state index contributed by atoms with van der Waals surface area (Å²) in [6.45, 7) is 0.696. The fourth-order valence-electron chi connectivity index (χ4n) is 3.17. The fraction of sp³-hybridized carbons (Fsp3) is 0.286. The van der Waals surface area contributed by atoms with Crippen molar-refractivity contribution in [2.45, 2.75) is 25.7 Å². The normalized spacial score (nSPS) is 13.8. The van der Waals surface area contributed by atoms with Crippen molar-refractivity contribution in [2.24, 2.45) is 4.99 Å². The van der Waals surface area contributed by atoms with E-state index in [0.717, 1.165) is 35.4 Å². The number of nitrogens with zero attached hydrogens (tertiary/aromatic N) is 2. The molecular weight excluding hydrogens is 328 g/mol. The Balaban J connectivity index is 1.81. The highest BCUT2D eigenvalue weighted by Gasteiger charge is 2.24. The largest absolute Gasteiger partial charge is 0.481 e.